The second-order valence-corrected chi connectivity index (χ2v) is 7.10. The molecule has 0 N–H and O–H groups in total. The monoisotopic (exact) mass is 315 g/mol. The quantitative estimate of drug-likeness (QED) is 0.226. The molecular weight excluding hydrogens is 273 g/mol. The molecule has 0 bridgehead atoms. The Hall–Kier alpha value is 0.390. The predicted molar refractivity (Wildman–Crippen MR) is 102 cm³/mol. The van der Waals surface area contributed by atoms with Crippen molar-refractivity contribution in [3.8, 4) is 0 Å². The molecule has 0 aliphatic rings. The Morgan fingerprint density at radius 2 is 0.905 bits per heavy atom. The minimum absolute atomic E-state index is 1.28. The third-order valence-corrected chi connectivity index (χ3v) is 4.74. The summed E-state index contributed by atoms with van der Waals surface area (Å²) in [5, 5.41) is 0. The zero-order valence-corrected chi connectivity index (χ0v) is 16.2. The SMILES string of the molecule is CCCCN(CCCC)CCCCCCCCCCCP. The first-order valence-corrected chi connectivity index (χ1v) is 10.6. The van der Waals surface area contributed by atoms with E-state index in [4.69, 9.17) is 0 Å². The van der Waals surface area contributed by atoms with E-state index in [0.717, 1.165) is 0 Å². The van der Waals surface area contributed by atoms with E-state index in [2.05, 4.69) is 28.0 Å². The van der Waals surface area contributed by atoms with E-state index >= 15 is 0 Å². The lowest BCUT2D eigenvalue weighted by Gasteiger charge is -2.21. The summed E-state index contributed by atoms with van der Waals surface area (Å²) in [7, 11) is 2.83. The third kappa shape index (κ3) is 16.6. The van der Waals surface area contributed by atoms with Crippen LogP contribution in [0.1, 0.15) is 97.3 Å². The molecule has 21 heavy (non-hydrogen) atoms. The first-order chi connectivity index (χ1) is 10.3. The van der Waals surface area contributed by atoms with Gasteiger partial charge in [-0.25, -0.2) is 0 Å². The van der Waals surface area contributed by atoms with Crippen LogP contribution in [0.15, 0.2) is 0 Å². The maximum Gasteiger partial charge on any atom is -0.00187 e. The van der Waals surface area contributed by atoms with Gasteiger partial charge >= 0.3 is 0 Å². The van der Waals surface area contributed by atoms with Crippen molar-refractivity contribution in [3.05, 3.63) is 0 Å². The van der Waals surface area contributed by atoms with Gasteiger partial charge in [0.05, 0.1) is 0 Å². The summed E-state index contributed by atoms with van der Waals surface area (Å²) in [5.74, 6) is 0. The van der Waals surface area contributed by atoms with Crippen LogP contribution in [-0.2, 0) is 0 Å². The molecular formula is C19H42NP. The normalized spacial score (nSPS) is 11.4. The van der Waals surface area contributed by atoms with Crippen LogP contribution >= 0.6 is 9.24 Å². The van der Waals surface area contributed by atoms with Gasteiger partial charge in [-0.3, -0.25) is 0 Å². The van der Waals surface area contributed by atoms with Gasteiger partial charge in [-0.05, 0) is 51.5 Å². The van der Waals surface area contributed by atoms with Gasteiger partial charge in [0.2, 0.25) is 0 Å². The van der Waals surface area contributed by atoms with Crippen LogP contribution in [0.4, 0.5) is 0 Å². The average Bonchev–Trinajstić information content (AvgIpc) is 2.51. The van der Waals surface area contributed by atoms with E-state index in [1.54, 1.807) is 0 Å². The highest BCUT2D eigenvalue weighted by Gasteiger charge is 2.03. The molecule has 0 aromatic heterocycles. The highest BCUT2D eigenvalue weighted by Crippen LogP contribution is 2.11. The van der Waals surface area contributed by atoms with Gasteiger partial charge in [0.25, 0.3) is 0 Å². The van der Waals surface area contributed by atoms with Crippen LogP contribution < -0.4 is 0 Å². The Bertz CT molecular complexity index is 176. The van der Waals surface area contributed by atoms with Crippen molar-refractivity contribution in [2.45, 2.75) is 97.3 Å². The average molecular weight is 316 g/mol. The lowest BCUT2D eigenvalue weighted by molar-refractivity contribution is 0.259. The molecule has 0 fully saturated rings. The van der Waals surface area contributed by atoms with E-state index in [0.29, 0.717) is 0 Å². The van der Waals surface area contributed by atoms with Crippen LogP contribution in [0.25, 0.3) is 0 Å². The number of nitrogens with zero attached hydrogens (tertiary/aromatic N) is 1. The molecule has 1 atom stereocenters. The smallest absolute Gasteiger partial charge is 0.00187 e. The summed E-state index contributed by atoms with van der Waals surface area (Å²) < 4.78 is 0. The van der Waals surface area contributed by atoms with E-state index in [9.17, 15) is 0 Å². The fraction of sp³-hybridized carbons (Fsp3) is 1.00. The highest BCUT2D eigenvalue weighted by molar-refractivity contribution is 7.16. The molecule has 0 aliphatic heterocycles. The minimum Gasteiger partial charge on any atom is -0.303 e. The molecule has 1 unspecified atom stereocenters. The van der Waals surface area contributed by atoms with Gasteiger partial charge in [0.15, 0.2) is 0 Å². The fourth-order valence-electron chi connectivity index (χ4n) is 2.82. The van der Waals surface area contributed by atoms with Crippen LogP contribution in [0, 0.1) is 0 Å². The summed E-state index contributed by atoms with van der Waals surface area (Å²) in [6.45, 7) is 8.60. The Balaban J connectivity index is 3.35. The highest BCUT2D eigenvalue weighted by atomic mass is 31.0. The number of hydrogen-bond donors (Lipinski definition) is 0. The molecule has 0 radical (unpaired) electrons. The molecule has 0 saturated carbocycles. The van der Waals surface area contributed by atoms with E-state index in [1.165, 1.54) is 109 Å². The standard InChI is InChI=1S/C19H42NP/c1-3-5-16-20(17-6-4-2)18-14-12-10-8-7-9-11-13-15-19-21/h3-19,21H2,1-2H3. The van der Waals surface area contributed by atoms with Gasteiger partial charge in [0.1, 0.15) is 0 Å². The van der Waals surface area contributed by atoms with E-state index in [-0.39, 0.29) is 0 Å². The van der Waals surface area contributed by atoms with Crippen LogP contribution in [0.2, 0.25) is 0 Å². The molecule has 0 spiro atoms. The van der Waals surface area contributed by atoms with Gasteiger partial charge in [0, 0.05) is 0 Å². The topological polar surface area (TPSA) is 3.24 Å². The molecule has 1 nitrogen and oxygen atoms in total. The molecule has 0 aliphatic carbocycles. The lowest BCUT2D eigenvalue weighted by Crippen LogP contribution is -2.27. The maximum atomic E-state index is 2.83. The third-order valence-electron chi connectivity index (χ3n) is 4.33. The van der Waals surface area contributed by atoms with Gasteiger partial charge in [-0.15, -0.1) is 9.24 Å². The van der Waals surface area contributed by atoms with Crippen molar-refractivity contribution in [1.29, 1.82) is 0 Å². The van der Waals surface area contributed by atoms with Crippen LogP contribution in [0.3, 0.4) is 0 Å². The molecule has 0 amide bonds. The van der Waals surface area contributed by atoms with Crippen LogP contribution in [0.5, 0.6) is 0 Å². The maximum absolute atomic E-state index is 2.83. The predicted octanol–water partition coefficient (Wildman–Crippen LogP) is 6.27. The summed E-state index contributed by atoms with van der Waals surface area (Å²) in [6, 6.07) is 0. The van der Waals surface area contributed by atoms with Crippen molar-refractivity contribution < 1.29 is 0 Å². The Kier molecular flexibility index (Phi) is 18.8. The van der Waals surface area contributed by atoms with Gasteiger partial charge in [-0.1, -0.05) is 71.6 Å². The second kappa shape index (κ2) is 18.4. The van der Waals surface area contributed by atoms with Crippen molar-refractivity contribution in [2.24, 2.45) is 0 Å². The Labute approximate surface area is 137 Å². The van der Waals surface area contributed by atoms with Crippen molar-refractivity contribution >= 4 is 9.24 Å². The van der Waals surface area contributed by atoms with E-state index in [1.807, 2.05) is 0 Å². The summed E-state index contributed by atoms with van der Waals surface area (Å²) in [5.41, 5.74) is 0. The van der Waals surface area contributed by atoms with Crippen molar-refractivity contribution in [1.82, 2.24) is 4.90 Å². The van der Waals surface area contributed by atoms with Crippen molar-refractivity contribution in [3.63, 3.8) is 0 Å². The number of hydrogen-bond acceptors (Lipinski definition) is 1. The molecule has 0 rings (SSSR count). The minimum atomic E-state index is 1.28. The van der Waals surface area contributed by atoms with Crippen molar-refractivity contribution in [2.75, 3.05) is 25.8 Å². The molecule has 2 heteroatoms. The molecule has 0 heterocycles. The van der Waals surface area contributed by atoms with Gasteiger partial charge < -0.3 is 4.90 Å². The zero-order chi connectivity index (χ0) is 15.6. The summed E-state index contributed by atoms with van der Waals surface area (Å²) >= 11 is 0. The summed E-state index contributed by atoms with van der Waals surface area (Å²) in [6.07, 6.45) is 19.7. The molecule has 128 valence electrons. The van der Waals surface area contributed by atoms with E-state index < -0.39 is 0 Å². The molecule has 0 aromatic rings. The fourth-order valence-corrected chi connectivity index (χ4v) is 3.10. The first kappa shape index (κ1) is 21.4. The molecule has 0 saturated heterocycles. The number of unbranched alkanes of at least 4 members (excludes halogenated alkanes) is 10. The first-order valence-electron chi connectivity index (χ1n) is 9.77. The lowest BCUT2D eigenvalue weighted by atomic mass is 10.1. The van der Waals surface area contributed by atoms with Gasteiger partial charge in [-0.2, -0.15) is 0 Å². The van der Waals surface area contributed by atoms with Crippen LogP contribution in [-0.4, -0.2) is 30.7 Å². The Morgan fingerprint density at radius 3 is 1.33 bits per heavy atom. The largest absolute Gasteiger partial charge is 0.303 e. The molecule has 0 aromatic carbocycles. The Morgan fingerprint density at radius 1 is 0.524 bits per heavy atom. The summed E-state index contributed by atoms with van der Waals surface area (Å²) in [4.78, 5) is 2.70. The second-order valence-electron chi connectivity index (χ2n) is 6.52. The number of rotatable bonds is 17. The zero-order valence-electron chi connectivity index (χ0n) is 15.0.